The highest BCUT2D eigenvalue weighted by Crippen LogP contribution is 2.41. The van der Waals surface area contributed by atoms with Gasteiger partial charge in [0.1, 0.15) is 5.78 Å². The Bertz CT molecular complexity index is 503. The third-order valence-corrected chi connectivity index (χ3v) is 7.53. The number of hydrogen-bond donors (Lipinski definition) is 0. The topological polar surface area (TPSA) is 46.6 Å². The van der Waals surface area contributed by atoms with Gasteiger partial charge in [0, 0.05) is 36.9 Å². The molecule has 1 heterocycles. The number of carbonyl (C=O) groups is 2. The maximum atomic E-state index is 13.6. The standard InChI is InChI=1S/C22H35NO3/c1-15-7-9-19(10-8-15)23(14-20-6-3-11-26-20)22(25)18-12-16-4-2-5-17(13-18)21(16)24/h15-20H,2-14H2,1H3. The van der Waals surface area contributed by atoms with E-state index >= 15 is 0 Å². The van der Waals surface area contributed by atoms with Crippen molar-refractivity contribution in [2.24, 2.45) is 23.7 Å². The minimum atomic E-state index is 0.0729. The molecule has 4 nitrogen and oxygen atoms in total. The van der Waals surface area contributed by atoms with Crippen LogP contribution in [-0.2, 0) is 14.3 Å². The van der Waals surface area contributed by atoms with Gasteiger partial charge in [0.05, 0.1) is 6.10 Å². The number of Topliss-reactive ketones (excluding diaryl/α,β-unsaturated/α-hetero) is 1. The van der Waals surface area contributed by atoms with Crippen molar-refractivity contribution < 1.29 is 14.3 Å². The molecule has 4 aliphatic rings. The highest BCUT2D eigenvalue weighted by molar-refractivity contribution is 5.88. The average Bonchev–Trinajstić information content (AvgIpc) is 3.13. The molecule has 1 amide bonds. The summed E-state index contributed by atoms with van der Waals surface area (Å²) in [4.78, 5) is 28.2. The van der Waals surface area contributed by atoms with Gasteiger partial charge in [-0.25, -0.2) is 0 Å². The fraction of sp³-hybridized carbons (Fsp3) is 0.909. The van der Waals surface area contributed by atoms with Crippen molar-refractivity contribution in [3.63, 3.8) is 0 Å². The molecule has 0 aromatic heterocycles. The van der Waals surface area contributed by atoms with Gasteiger partial charge in [0.2, 0.25) is 5.91 Å². The lowest BCUT2D eigenvalue weighted by atomic mass is 9.66. The zero-order valence-electron chi connectivity index (χ0n) is 16.3. The van der Waals surface area contributed by atoms with Gasteiger partial charge in [-0.1, -0.05) is 13.3 Å². The highest BCUT2D eigenvalue weighted by Gasteiger charge is 2.43. The molecule has 1 saturated heterocycles. The fourth-order valence-electron chi connectivity index (χ4n) is 5.90. The van der Waals surface area contributed by atoms with Crippen LogP contribution >= 0.6 is 0 Å². The van der Waals surface area contributed by atoms with Gasteiger partial charge >= 0.3 is 0 Å². The third kappa shape index (κ3) is 3.85. The molecule has 0 spiro atoms. The Kier molecular flexibility index (Phi) is 5.68. The van der Waals surface area contributed by atoms with E-state index in [1.165, 1.54) is 19.3 Å². The molecule has 0 radical (unpaired) electrons. The van der Waals surface area contributed by atoms with Crippen LogP contribution in [0, 0.1) is 23.7 Å². The molecule has 146 valence electrons. The lowest BCUT2D eigenvalue weighted by Crippen LogP contribution is -2.50. The summed E-state index contributed by atoms with van der Waals surface area (Å²) in [7, 11) is 0. The fourth-order valence-corrected chi connectivity index (χ4v) is 5.90. The predicted octanol–water partition coefficient (Wildman–Crippen LogP) is 3.97. The number of amides is 1. The Balaban J connectivity index is 1.47. The molecular formula is C22H35NO3. The summed E-state index contributed by atoms with van der Waals surface area (Å²) in [5.74, 6) is 1.98. The predicted molar refractivity (Wildman–Crippen MR) is 101 cm³/mol. The van der Waals surface area contributed by atoms with Crippen molar-refractivity contribution in [2.75, 3.05) is 13.2 Å². The summed E-state index contributed by atoms with van der Waals surface area (Å²) in [6, 6.07) is 0.389. The largest absolute Gasteiger partial charge is 0.376 e. The lowest BCUT2D eigenvalue weighted by Gasteiger charge is -2.42. The van der Waals surface area contributed by atoms with Gasteiger partial charge < -0.3 is 9.64 Å². The second-order valence-corrected chi connectivity index (χ2v) is 9.43. The van der Waals surface area contributed by atoms with E-state index in [1.807, 2.05) is 0 Å². The van der Waals surface area contributed by atoms with Crippen LogP contribution in [0.3, 0.4) is 0 Å². The van der Waals surface area contributed by atoms with Gasteiger partial charge in [-0.3, -0.25) is 9.59 Å². The van der Waals surface area contributed by atoms with Crippen LogP contribution in [0.2, 0.25) is 0 Å². The number of hydrogen-bond acceptors (Lipinski definition) is 3. The smallest absolute Gasteiger partial charge is 0.226 e. The van der Waals surface area contributed by atoms with Crippen LogP contribution in [0.1, 0.15) is 77.6 Å². The number of rotatable bonds is 4. The summed E-state index contributed by atoms with van der Waals surface area (Å²) in [5, 5.41) is 0. The quantitative estimate of drug-likeness (QED) is 0.761. The van der Waals surface area contributed by atoms with Gasteiger partial charge in [-0.15, -0.1) is 0 Å². The SMILES string of the molecule is CC1CCC(N(CC2CCCO2)C(=O)C2CC3CCCC(C2)C3=O)CC1. The number of nitrogens with zero attached hydrogens (tertiary/aromatic N) is 1. The first-order valence-electron chi connectivity index (χ1n) is 11.1. The maximum absolute atomic E-state index is 13.6. The molecular weight excluding hydrogens is 326 g/mol. The molecule has 1 aliphatic heterocycles. The van der Waals surface area contributed by atoms with Crippen molar-refractivity contribution in [1.82, 2.24) is 4.90 Å². The molecule has 4 rings (SSSR count). The molecule has 4 heteroatoms. The Morgan fingerprint density at radius 3 is 2.31 bits per heavy atom. The van der Waals surface area contributed by atoms with Crippen LogP contribution in [0.4, 0.5) is 0 Å². The minimum Gasteiger partial charge on any atom is -0.376 e. The maximum Gasteiger partial charge on any atom is 0.226 e. The van der Waals surface area contributed by atoms with Crippen molar-refractivity contribution in [2.45, 2.75) is 89.7 Å². The third-order valence-electron chi connectivity index (χ3n) is 7.53. The first kappa shape index (κ1) is 18.5. The molecule has 3 aliphatic carbocycles. The van der Waals surface area contributed by atoms with Crippen LogP contribution in [0.15, 0.2) is 0 Å². The summed E-state index contributed by atoms with van der Waals surface area (Å²) < 4.78 is 5.88. The Labute approximate surface area is 158 Å². The van der Waals surface area contributed by atoms with Gasteiger partial charge in [-0.05, 0) is 70.1 Å². The monoisotopic (exact) mass is 361 g/mol. The molecule has 3 atom stereocenters. The summed E-state index contributed by atoms with van der Waals surface area (Å²) in [6.45, 7) is 3.95. The highest BCUT2D eigenvalue weighted by atomic mass is 16.5. The number of fused-ring (bicyclic) bond motifs is 2. The molecule has 4 fully saturated rings. The van der Waals surface area contributed by atoms with Gasteiger partial charge in [0.25, 0.3) is 0 Å². The molecule has 0 aromatic carbocycles. The van der Waals surface area contributed by atoms with Crippen molar-refractivity contribution >= 4 is 11.7 Å². The van der Waals surface area contributed by atoms with Crippen LogP contribution in [0.25, 0.3) is 0 Å². The number of carbonyl (C=O) groups excluding carboxylic acids is 2. The summed E-state index contributed by atoms with van der Waals surface area (Å²) >= 11 is 0. The van der Waals surface area contributed by atoms with E-state index in [0.717, 1.165) is 70.4 Å². The average molecular weight is 362 g/mol. The molecule has 0 aromatic rings. The molecule has 26 heavy (non-hydrogen) atoms. The molecule has 3 saturated carbocycles. The lowest BCUT2D eigenvalue weighted by molar-refractivity contribution is -0.147. The van der Waals surface area contributed by atoms with Gasteiger partial charge in [-0.2, -0.15) is 0 Å². The molecule has 2 bridgehead atoms. The second-order valence-electron chi connectivity index (χ2n) is 9.43. The van der Waals surface area contributed by atoms with Crippen LogP contribution in [0.5, 0.6) is 0 Å². The van der Waals surface area contributed by atoms with E-state index in [4.69, 9.17) is 4.74 Å². The van der Waals surface area contributed by atoms with Crippen molar-refractivity contribution in [1.29, 1.82) is 0 Å². The summed E-state index contributed by atoms with van der Waals surface area (Å²) in [6.07, 6.45) is 12.0. The summed E-state index contributed by atoms with van der Waals surface area (Å²) in [5.41, 5.74) is 0. The zero-order valence-corrected chi connectivity index (χ0v) is 16.3. The second kappa shape index (κ2) is 8.00. The Morgan fingerprint density at radius 1 is 1.00 bits per heavy atom. The number of ketones is 1. The van der Waals surface area contributed by atoms with E-state index in [2.05, 4.69) is 11.8 Å². The molecule has 3 unspecified atom stereocenters. The minimum absolute atomic E-state index is 0.0729. The Hall–Kier alpha value is -0.900. The van der Waals surface area contributed by atoms with Gasteiger partial charge in [0.15, 0.2) is 0 Å². The van der Waals surface area contributed by atoms with E-state index in [0.29, 0.717) is 17.7 Å². The first-order chi connectivity index (χ1) is 12.6. The van der Waals surface area contributed by atoms with Crippen molar-refractivity contribution in [3.05, 3.63) is 0 Å². The number of ether oxygens (including phenoxy) is 1. The van der Waals surface area contributed by atoms with E-state index in [9.17, 15) is 9.59 Å². The molecule has 0 N–H and O–H groups in total. The van der Waals surface area contributed by atoms with Crippen LogP contribution in [-0.4, -0.2) is 41.9 Å². The van der Waals surface area contributed by atoms with E-state index in [1.54, 1.807) is 0 Å². The van der Waals surface area contributed by atoms with Crippen molar-refractivity contribution in [3.8, 4) is 0 Å². The van der Waals surface area contributed by atoms with Crippen LogP contribution < -0.4 is 0 Å². The van der Waals surface area contributed by atoms with E-state index in [-0.39, 0.29) is 23.9 Å². The Morgan fingerprint density at radius 2 is 1.69 bits per heavy atom. The zero-order chi connectivity index (χ0) is 18.1. The normalized spacial score (nSPS) is 40.4. The van der Waals surface area contributed by atoms with E-state index < -0.39 is 0 Å². The first-order valence-corrected chi connectivity index (χ1v) is 11.1.